The fraction of sp³-hybridized carbons (Fsp3) is 0. The first kappa shape index (κ1) is 19.7. The Balaban J connectivity index is 1.32. The Kier molecular flexibility index (Phi) is 4.49. The molecule has 0 bridgehead atoms. The standard InChI is InChI=1S/C33H22N2/c1-2-8-26-21-27(17-16-23(26)7-1)24-12-14-25(15-13-24)28-18-19-32-30(22-28)29-9-3-4-10-31(29)35(32)33-11-5-6-20-34-33/h1-22H. The lowest BCUT2D eigenvalue weighted by molar-refractivity contribution is 1.08. The molecule has 0 aliphatic rings. The first-order chi connectivity index (χ1) is 17.3. The Bertz CT molecular complexity index is 1830. The predicted octanol–water partition coefficient (Wildman–Crippen LogP) is 8.67. The lowest BCUT2D eigenvalue weighted by Gasteiger charge is -2.08. The summed E-state index contributed by atoms with van der Waals surface area (Å²) in [5.41, 5.74) is 7.24. The van der Waals surface area contributed by atoms with Crippen molar-refractivity contribution >= 4 is 32.6 Å². The van der Waals surface area contributed by atoms with Crippen molar-refractivity contribution in [2.45, 2.75) is 0 Å². The van der Waals surface area contributed by atoms with Gasteiger partial charge in [0, 0.05) is 17.0 Å². The van der Waals surface area contributed by atoms with Gasteiger partial charge in [0.2, 0.25) is 0 Å². The maximum atomic E-state index is 4.62. The molecule has 2 aromatic heterocycles. The normalized spacial score (nSPS) is 11.4. The van der Waals surface area contributed by atoms with Crippen molar-refractivity contribution in [2.24, 2.45) is 0 Å². The zero-order valence-corrected chi connectivity index (χ0v) is 19.1. The summed E-state index contributed by atoms with van der Waals surface area (Å²) in [5.74, 6) is 0.936. The van der Waals surface area contributed by atoms with Crippen LogP contribution in [-0.4, -0.2) is 9.55 Å². The average Bonchev–Trinajstić information content (AvgIpc) is 3.27. The molecule has 0 fully saturated rings. The molecule has 0 aliphatic heterocycles. The van der Waals surface area contributed by atoms with E-state index in [-0.39, 0.29) is 0 Å². The number of hydrogen-bond acceptors (Lipinski definition) is 1. The zero-order chi connectivity index (χ0) is 23.2. The molecule has 0 N–H and O–H groups in total. The summed E-state index contributed by atoms with van der Waals surface area (Å²) in [6, 6.07) is 45.4. The van der Waals surface area contributed by atoms with Crippen LogP contribution in [0.15, 0.2) is 134 Å². The number of rotatable bonds is 3. The molecule has 0 saturated heterocycles. The molecule has 0 amide bonds. The Morgan fingerprint density at radius 1 is 0.429 bits per heavy atom. The van der Waals surface area contributed by atoms with E-state index in [0.717, 1.165) is 5.82 Å². The van der Waals surface area contributed by atoms with Crippen molar-refractivity contribution in [1.82, 2.24) is 9.55 Å². The largest absolute Gasteiger partial charge is 0.294 e. The highest BCUT2D eigenvalue weighted by Crippen LogP contribution is 2.35. The Labute approximate surface area is 203 Å². The minimum Gasteiger partial charge on any atom is -0.294 e. The fourth-order valence-electron chi connectivity index (χ4n) is 5.11. The van der Waals surface area contributed by atoms with Gasteiger partial charge in [-0.3, -0.25) is 4.57 Å². The number of fused-ring (bicyclic) bond motifs is 4. The molecule has 2 nitrogen and oxygen atoms in total. The van der Waals surface area contributed by atoms with Crippen LogP contribution in [0.1, 0.15) is 0 Å². The molecule has 0 spiro atoms. The van der Waals surface area contributed by atoms with Crippen molar-refractivity contribution in [3.8, 4) is 28.1 Å². The van der Waals surface area contributed by atoms with Gasteiger partial charge >= 0.3 is 0 Å². The number of benzene rings is 5. The smallest absolute Gasteiger partial charge is 0.137 e. The summed E-state index contributed by atoms with van der Waals surface area (Å²) in [4.78, 5) is 4.62. The van der Waals surface area contributed by atoms with Crippen LogP contribution in [0.5, 0.6) is 0 Å². The summed E-state index contributed by atoms with van der Waals surface area (Å²) in [6.07, 6.45) is 1.85. The van der Waals surface area contributed by atoms with Gasteiger partial charge in [0.1, 0.15) is 5.82 Å². The van der Waals surface area contributed by atoms with E-state index in [1.54, 1.807) is 0 Å². The second-order valence-electron chi connectivity index (χ2n) is 8.91. The van der Waals surface area contributed by atoms with E-state index in [1.165, 1.54) is 54.8 Å². The van der Waals surface area contributed by atoms with Gasteiger partial charge < -0.3 is 0 Å². The van der Waals surface area contributed by atoms with Gasteiger partial charge in [-0.25, -0.2) is 4.98 Å². The lowest BCUT2D eigenvalue weighted by atomic mass is 9.97. The van der Waals surface area contributed by atoms with Gasteiger partial charge in [0.15, 0.2) is 0 Å². The lowest BCUT2D eigenvalue weighted by Crippen LogP contribution is -1.95. The molecule has 7 aromatic rings. The fourth-order valence-corrected chi connectivity index (χ4v) is 5.11. The van der Waals surface area contributed by atoms with Gasteiger partial charge in [-0.1, -0.05) is 91.0 Å². The second-order valence-corrected chi connectivity index (χ2v) is 8.91. The summed E-state index contributed by atoms with van der Waals surface area (Å²) in [5, 5.41) is 5.01. The monoisotopic (exact) mass is 446 g/mol. The van der Waals surface area contributed by atoms with Crippen molar-refractivity contribution in [3.63, 3.8) is 0 Å². The molecule has 164 valence electrons. The van der Waals surface area contributed by atoms with Gasteiger partial charge in [-0.15, -0.1) is 0 Å². The van der Waals surface area contributed by atoms with Crippen LogP contribution in [0.25, 0.3) is 60.6 Å². The first-order valence-corrected chi connectivity index (χ1v) is 11.9. The van der Waals surface area contributed by atoms with Gasteiger partial charge in [0.25, 0.3) is 0 Å². The average molecular weight is 447 g/mol. The highest BCUT2D eigenvalue weighted by Gasteiger charge is 2.13. The highest BCUT2D eigenvalue weighted by molar-refractivity contribution is 6.10. The maximum Gasteiger partial charge on any atom is 0.137 e. The third kappa shape index (κ3) is 3.31. The molecule has 5 aromatic carbocycles. The molecule has 2 heterocycles. The summed E-state index contributed by atoms with van der Waals surface area (Å²) in [6.45, 7) is 0. The van der Waals surface area contributed by atoms with E-state index in [1.807, 2.05) is 18.3 Å². The van der Waals surface area contributed by atoms with Gasteiger partial charge in [-0.05, 0) is 69.4 Å². The van der Waals surface area contributed by atoms with Crippen LogP contribution in [0.4, 0.5) is 0 Å². The quantitative estimate of drug-likeness (QED) is 0.265. The van der Waals surface area contributed by atoms with Crippen molar-refractivity contribution < 1.29 is 0 Å². The van der Waals surface area contributed by atoms with Gasteiger partial charge in [0.05, 0.1) is 11.0 Å². The molecule has 0 radical (unpaired) electrons. The van der Waals surface area contributed by atoms with E-state index in [0.29, 0.717) is 0 Å². The van der Waals surface area contributed by atoms with Crippen molar-refractivity contribution in [3.05, 3.63) is 134 Å². The molecule has 0 atom stereocenters. The van der Waals surface area contributed by atoms with Crippen LogP contribution in [-0.2, 0) is 0 Å². The minimum atomic E-state index is 0.936. The summed E-state index contributed by atoms with van der Waals surface area (Å²) >= 11 is 0. The van der Waals surface area contributed by atoms with Crippen LogP contribution < -0.4 is 0 Å². The molecule has 35 heavy (non-hydrogen) atoms. The number of pyridine rings is 1. The van der Waals surface area contributed by atoms with Crippen LogP contribution in [0.3, 0.4) is 0 Å². The predicted molar refractivity (Wildman–Crippen MR) is 147 cm³/mol. The molecule has 0 unspecified atom stereocenters. The SMILES string of the molecule is c1ccc(-n2c3ccccc3c3cc(-c4ccc(-c5ccc6ccccc6c5)cc4)ccc32)nc1. The maximum absolute atomic E-state index is 4.62. The zero-order valence-electron chi connectivity index (χ0n) is 19.1. The Hall–Kier alpha value is -4.69. The third-order valence-corrected chi connectivity index (χ3v) is 6.85. The molecular weight excluding hydrogens is 424 g/mol. The Morgan fingerprint density at radius 3 is 1.86 bits per heavy atom. The molecule has 7 rings (SSSR count). The summed E-state index contributed by atoms with van der Waals surface area (Å²) in [7, 11) is 0. The first-order valence-electron chi connectivity index (χ1n) is 11.9. The number of aromatic nitrogens is 2. The van der Waals surface area contributed by atoms with Crippen LogP contribution in [0, 0.1) is 0 Å². The van der Waals surface area contributed by atoms with E-state index >= 15 is 0 Å². The number of hydrogen-bond donors (Lipinski definition) is 0. The van der Waals surface area contributed by atoms with E-state index in [4.69, 9.17) is 0 Å². The van der Waals surface area contributed by atoms with Crippen LogP contribution in [0.2, 0.25) is 0 Å². The highest BCUT2D eigenvalue weighted by atomic mass is 15.1. The second kappa shape index (κ2) is 7.96. The molecule has 0 saturated carbocycles. The van der Waals surface area contributed by atoms with Crippen molar-refractivity contribution in [1.29, 1.82) is 0 Å². The van der Waals surface area contributed by atoms with E-state index < -0.39 is 0 Å². The van der Waals surface area contributed by atoms with E-state index in [9.17, 15) is 0 Å². The number of para-hydroxylation sites is 1. The number of nitrogens with zero attached hydrogens (tertiary/aromatic N) is 2. The van der Waals surface area contributed by atoms with Gasteiger partial charge in [-0.2, -0.15) is 0 Å². The molecule has 2 heteroatoms. The molecule has 0 aliphatic carbocycles. The van der Waals surface area contributed by atoms with E-state index in [2.05, 4.69) is 125 Å². The van der Waals surface area contributed by atoms with Crippen LogP contribution >= 0.6 is 0 Å². The Morgan fingerprint density at radius 2 is 1.06 bits per heavy atom. The van der Waals surface area contributed by atoms with Crippen molar-refractivity contribution in [2.75, 3.05) is 0 Å². The molecular formula is C33H22N2. The minimum absolute atomic E-state index is 0.936. The third-order valence-electron chi connectivity index (χ3n) is 6.85. The topological polar surface area (TPSA) is 17.8 Å². The summed E-state index contributed by atoms with van der Waals surface area (Å²) < 4.78 is 2.25.